The highest BCUT2D eigenvalue weighted by molar-refractivity contribution is 5.07. The van der Waals surface area contributed by atoms with Crippen molar-refractivity contribution in [2.24, 2.45) is 35.4 Å². The van der Waals surface area contributed by atoms with E-state index < -0.39 is 0 Å². The molecule has 2 heteroatoms. The van der Waals surface area contributed by atoms with E-state index in [1.807, 2.05) is 0 Å². The molecule has 0 aromatic carbocycles. The lowest BCUT2D eigenvalue weighted by atomic mass is 9.75. The molecule has 3 aliphatic carbocycles. The van der Waals surface area contributed by atoms with Crippen molar-refractivity contribution in [3.05, 3.63) is 0 Å². The Balaban J connectivity index is 1.61. The van der Waals surface area contributed by atoms with Crippen LogP contribution in [0.3, 0.4) is 0 Å². The average Bonchev–Trinajstić information content (AvgIpc) is 2.85. The van der Waals surface area contributed by atoms with Gasteiger partial charge in [-0.3, -0.25) is 11.3 Å². The summed E-state index contributed by atoms with van der Waals surface area (Å²) in [7, 11) is 0. The Morgan fingerprint density at radius 1 is 1.12 bits per heavy atom. The fourth-order valence-corrected chi connectivity index (χ4v) is 5.00. The fraction of sp³-hybridized carbons (Fsp3) is 1.00. The van der Waals surface area contributed by atoms with E-state index in [4.69, 9.17) is 5.84 Å². The van der Waals surface area contributed by atoms with Gasteiger partial charge in [0, 0.05) is 6.04 Å². The molecular weight excluding hydrogens is 208 g/mol. The summed E-state index contributed by atoms with van der Waals surface area (Å²) >= 11 is 0. The summed E-state index contributed by atoms with van der Waals surface area (Å²) in [6.07, 6.45) is 11.6. The summed E-state index contributed by atoms with van der Waals surface area (Å²) < 4.78 is 0. The summed E-state index contributed by atoms with van der Waals surface area (Å²) in [5.41, 5.74) is 3.21. The normalized spacial score (nSPS) is 46.6. The van der Waals surface area contributed by atoms with Gasteiger partial charge in [-0.15, -0.1) is 0 Å². The first-order chi connectivity index (χ1) is 8.35. The van der Waals surface area contributed by atoms with E-state index in [9.17, 15) is 0 Å². The van der Waals surface area contributed by atoms with Gasteiger partial charge in [-0.25, -0.2) is 0 Å². The van der Waals surface area contributed by atoms with Crippen molar-refractivity contribution < 1.29 is 0 Å². The van der Waals surface area contributed by atoms with Crippen LogP contribution in [0.1, 0.15) is 58.3 Å². The molecule has 0 aromatic heterocycles. The highest BCUT2D eigenvalue weighted by atomic mass is 15.2. The van der Waals surface area contributed by atoms with Gasteiger partial charge in [-0.2, -0.15) is 0 Å². The summed E-state index contributed by atoms with van der Waals surface area (Å²) in [4.78, 5) is 0. The zero-order valence-electron chi connectivity index (χ0n) is 11.2. The highest BCUT2D eigenvalue weighted by Crippen LogP contribution is 2.60. The maximum atomic E-state index is 5.88. The van der Waals surface area contributed by atoms with Gasteiger partial charge in [0.25, 0.3) is 0 Å². The van der Waals surface area contributed by atoms with E-state index in [1.165, 1.54) is 51.4 Å². The molecule has 5 unspecified atom stereocenters. The highest BCUT2D eigenvalue weighted by Gasteiger charge is 2.57. The lowest BCUT2D eigenvalue weighted by Crippen LogP contribution is -2.45. The largest absolute Gasteiger partial charge is 0.271 e. The summed E-state index contributed by atoms with van der Waals surface area (Å²) in [6, 6.07) is 0.639. The Morgan fingerprint density at radius 2 is 1.82 bits per heavy atom. The molecule has 0 aliphatic heterocycles. The minimum absolute atomic E-state index is 0.639. The molecule has 0 bridgehead atoms. The number of hydrazine groups is 1. The van der Waals surface area contributed by atoms with Crippen molar-refractivity contribution in [2.45, 2.75) is 64.3 Å². The predicted molar refractivity (Wildman–Crippen MR) is 71.2 cm³/mol. The Labute approximate surface area is 106 Å². The lowest BCUT2D eigenvalue weighted by Gasteiger charge is -2.35. The zero-order valence-corrected chi connectivity index (χ0v) is 11.2. The van der Waals surface area contributed by atoms with Crippen LogP contribution in [-0.2, 0) is 0 Å². The Kier molecular flexibility index (Phi) is 3.45. The van der Waals surface area contributed by atoms with Crippen LogP contribution in [0, 0.1) is 29.6 Å². The van der Waals surface area contributed by atoms with E-state index >= 15 is 0 Å². The summed E-state index contributed by atoms with van der Waals surface area (Å²) in [6.45, 7) is 2.35. The van der Waals surface area contributed by atoms with E-state index in [1.54, 1.807) is 0 Å². The van der Waals surface area contributed by atoms with Crippen molar-refractivity contribution in [3.63, 3.8) is 0 Å². The SMILES string of the molecule is CCC1CCCC(C(NN)C2C3CCCC32)C1. The minimum Gasteiger partial charge on any atom is -0.271 e. The Bertz CT molecular complexity index is 256. The molecule has 2 nitrogen and oxygen atoms in total. The van der Waals surface area contributed by atoms with Gasteiger partial charge in [0.1, 0.15) is 0 Å². The minimum atomic E-state index is 0.639. The van der Waals surface area contributed by atoms with E-state index in [2.05, 4.69) is 12.3 Å². The molecule has 0 heterocycles. The Hall–Kier alpha value is -0.0800. The molecular formula is C15H28N2. The number of hydrogen-bond acceptors (Lipinski definition) is 2. The van der Waals surface area contributed by atoms with Gasteiger partial charge in [-0.1, -0.05) is 32.6 Å². The quantitative estimate of drug-likeness (QED) is 0.581. The standard InChI is InChI=1S/C15H28N2/c1-2-10-5-3-6-11(9-10)15(17-16)14-12-7-4-8-13(12)14/h10-15,17H,2-9,16H2,1H3. The predicted octanol–water partition coefficient (Wildman–Crippen LogP) is 3.08. The second-order valence-electron chi connectivity index (χ2n) is 6.73. The summed E-state index contributed by atoms with van der Waals surface area (Å²) in [5, 5.41) is 0. The molecule has 0 amide bonds. The lowest BCUT2D eigenvalue weighted by molar-refractivity contribution is 0.185. The van der Waals surface area contributed by atoms with Crippen LogP contribution in [-0.4, -0.2) is 6.04 Å². The molecule has 5 atom stereocenters. The third-order valence-electron chi connectivity index (χ3n) is 5.99. The second-order valence-corrected chi connectivity index (χ2v) is 6.73. The number of nitrogens with one attached hydrogen (secondary N) is 1. The van der Waals surface area contributed by atoms with E-state index in [-0.39, 0.29) is 0 Å². The van der Waals surface area contributed by atoms with E-state index in [0.717, 1.165) is 29.6 Å². The van der Waals surface area contributed by atoms with Gasteiger partial charge in [0.2, 0.25) is 0 Å². The number of nitrogens with two attached hydrogens (primary N) is 1. The molecule has 0 radical (unpaired) electrons. The molecule has 3 N–H and O–H groups in total. The third kappa shape index (κ3) is 2.15. The average molecular weight is 236 g/mol. The van der Waals surface area contributed by atoms with Crippen molar-refractivity contribution >= 4 is 0 Å². The molecule has 3 aliphatic rings. The molecule has 3 fully saturated rings. The van der Waals surface area contributed by atoms with Crippen LogP contribution in [0.2, 0.25) is 0 Å². The Morgan fingerprint density at radius 3 is 2.47 bits per heavy atom. The molecule has 0 saturated heterocycles. The second kappa shape index (κ2) is 4.89. The number of hydrogen-bond donors (Lipinski definition) is 2. The molecule has 0 aromatic rings. The van der Waals surface area contributed by atoms with Gasteiger partial charge in [-0.05, 0) is 55.3 Å². The van der Waals surface area contributed by atoms with Crippen LogP contribution in [0.4, 0.5) is 0 Å². The first kappa shape index (κ1) is 12.0. The van der Waals surface area contributed by atoms with Crippen LogP contribution >= 0.6 is 0 Å². The first-order valence-corrected chi connectivity index (χ1v) is 7.81. The van der Waals surface area contributed by atoms with Crippen molar-refractivity contribution in [1.29, 1.82) is 0 Å². The number of rotatable bonds is 4. The zero-order chi connectivity index (χ0) is 11.8. The maximum absolute atomic E-state index is 5.88. The maximum Gasteiger partial charge on any atom is 0.0272 e. The summed E-state index contributed by atoms with van der Waals surface area (Å²) in [5.74, 6) is 10.7. The number of fused-ring (bicyclic) bond motifs is 1. The molecule has 3 saturated carbocycles. The van der Waals surface area contributed by atoms with Gasteiger partial charge in [0.05, 0.1) is 0 Å². The van der Waals surface area contributed by atoms with Gasteiger partial charge >= 0.3 is 0 Å². The first-order valence-electron chi connectivity index (χ1n) is 7.81. The monoisotopic (exact) mass is 236 g/mol. The topological polar surface area (TPSA) is 38.0 Å². The van der Waals surface area contributed by atoms with Crippen LogP contribution < -0.4 is 11.3 Å². The van der Waals surface area contributed by atoms with Crippen LogP contribution in [0.15, 0.2) is 0 Å². The molecule has 17 heavy (non-hydrogen) atoms. The smallest absolute Gasteiger partial charge is 0.0272 e. The van der Waals surface area contributed by atoms with Gasteiger partial charge in [0.15, 0.2) is 0 Å². The van der Waals surface area contributed by atoms with Crippen molar-refractivity contribution in [1.82, 2.24) is 5.43 Å². The van der Waals surface area contributed by atoms with E-state index in [0.29, 0.717) is 6.04 Å². The van der Waals surface area contributed by atoms with Gasteiger partial charge < -0.3 is 0 Å². The molecule has 98 valence electrons. The molecule has 3 rings (SSSR count). The van der Waals surface area contributed by atoms with Crippen molar-refractivity contribution in [2.75, 3.05) is 0 Å². The van der Waals surface area contributed by atoms with Crippen LogP contribution in [0.25, 0.3) is 0 Å². The molecule has 0 spiro atoms. The third-order valence-corrected chi connectivity index (χ3v) is 5.99. The fourth-order valence-electron chi connectivity index (χ4n) is 5.00. The van der Waals surface area contributed by atoms with Crippen LogP contribution in [0.5, 0.6) is 0 Å². The van der Waals surface area contributed by atoms with Crippen molar-refractivity contribution in [3.8, 4) is 0 Å².